The van der Waals surface area contributed by atoms with Gasteiger partial charge >= 0.3 is 0 Å². The third-order valence-electron chi connectivity index (χ3n) is 3.13. The van der Waals surface area contributed by atoms with E-state index in [0.29, 0.717) is 22.8 Å². The molecule has 1 aromatic rings. The Kier molecular flexibility index (Phi) is 4.60. The lowest BCUT2D eigenvalue weighted by atomic mass is 10.1. The number of nitrogens with one attached hydrogen (secondary N) is 1. The van der Waals surface area contributed by atoms with Gasteiger partial charge in [0, 0.05) is 6.04 Å². The number of benzene rings is 1. The summed E-state index contributed by atoms with van der Waals surface area (Å²) in [5.41, 5.74) is 0.610. The van der Waals surface area contributed by atoms with E-state index in [1.54, 1.807) is 12.1 Å². The third-order valence-corrected chi connectivity index (χ3v) is 3.58. The molecule has 1 unspecified atom stereocenters. The molecule has 1 saturated carbocycles. The van der Waals surface area contributed by atoms with Crippen LogP contribution >= 0.6 is 11.6 Å². The van der Waals surface area contributed by atoms with Crippen molar-refractivity contribution in [2.24, 2.45) is 0 Å². The lowest BCUT2D eigenvalue weighted by Crippen LogP contribution is -2.28. The van der Waals surface area contributed by atoms with E-state index in [9.17, 15) is 4.79 Å². The Labute approximate surface area is 123 Å². The predicted octanol–water partition coefficient (Wildman–Crippen LogP) is 2.27. The molecule has 110 valence electrons. The number of hydrogen-bond acceptors (Lipinski definition) is 4. The number of methoxy groups -OCH3 is 3. The average molecular weight is 300 g/mol. The molecular weight excluding hydrogens is 282 g/mol. The number of hydrogen-bond donors (Lipinski definition) is 1. The fourth-order valence-electron chi connectivity index (χ4n) is 1.90. The molecule has 0 aromatic heterocycles. The number of halogens is 1. The van der Waals surface area contributed by atoms with Crippen LogP contribution in [0.2, 0.25) is 0 Å². The quantitative estimate of drug-likeness (QED) is 0.819. The zero-order valence-corrected chi connectivity index (χ0v) is 12.5. The van der Waals surface area contributed by atoms with Crippen molar-refractivity contribution in [2.75, 3.05) is 21.3 Å². The van der Waals surface area contributed by atoms with Gasteiger partial charge < -0.3 is 19.5 Å². The fourth-order valence-corrected chi connectivity index (χ4v) is 2.09. The number of carbonyl (C=O) groups is 1. The van der Waals surface area contributed by atoms with Crippen LogP contribution in [0, 0.1) is 0 Å². The van der Waals surface area contributed by atoms with Crippen LogP contribution in [0.3, 0.4) is 0 Å². The minimum absolute atomic E-state index is 0.205. The van der Waals surface area contributed by atoms with Crippen molar-refractivity contribution in [3.63, 3.8) is 0 Å². The second-order valence-electron chi connectivity index (χ2n) is 4.60. The molecule has 0 saturated heterocycles. The average Bonchev–Trinajstić information content (AvgIpc) is 3.28. The van der Waals surface area contributed by atoms with Crippen LogP contribution in [0.1, 0.15) is 23.8 Å². The van der Waals surface area contributed by atoms with Crippen molar-refractivity contribution in [3.05, 3.63) is 17.7 Å². The monoisotopic (exact) mass is 299 g/mol. The molecule has 1 atom stereocenters. The van der Waals surface area contributed by atoms with Crippen LogP contribution in [-0.4, -0.2) is 33.3 Å². The SMILES string of the molecule is COc1cc(C(Cl)C(=O)NC2CC2)cc(OC)c1OC. The minimum atomic E-state index is -0.788. The summed E-state index contributed by atoms with van der Waals surface area (Å²) in [5, 5.41) is 2.08. The molecule has 1 N–H and O–H groups in total. The number of ether oxygens (including phenoxy) is 3. The molecule has 5 nitrogen and oxygen atoms in total. The highest BCUT2D eigenvalue weighted by Crippen LogP contribution is 2.41. The van der Waals surface area contributed by atoms with E-state index in [1.807, 2.05) is 0 Å². The van der Waals surface area contributed by atoms with Gasteiger partial charge in [0.05, 0.1) is 21.3 Å². The summed E-state index contributed by atoms with van der Waals surface area (Å²) < 4.78 is 15.7. The Morgan fingerprint density at radius 1 is 1.20 bits per heavy atom. The maximum Gasteiger partial charge on any atom is 0.242 e. The first kappa shape index (κ1) is 14.8. The van der Waals surface area contributed by atoms with E-state index in [-0.39, 0.29) is 11.9 Å². The summed E-state index contributed by atoms with van der Waals surface area (Å²) >= 11 is 6.22. The molecular formula is C14H18ClNO4. The Balaban J connectivity index is 2.27. The molecule has 1 amide bonds. The summed E-state index contributed by atoms with van der Waals surface area (Å²) in [6.45, 7) is 0. The van der Waals surface area contributed by atoms with Crippen molar-refractivity contribution >= 4 is 17.5 Å². The molecule has 0 bridgehead atoms. The summed E-state index contributed by atoms with van der Waals surface area (Å²) in [5.74, 6) is 1.23. The van der Waals surface area contributed by atoms with Crippen LogP contribution in [0.4, 0.5) is 0 Å². The van der Waals surface area contributed by atoms with Crippen molar-refractivity contribution < 1.29 is 19.0 Å². The van der Waals surface area contributed by atoms with Gasteiger partial charge in [-0.25, -0.2) is 0 Å². The van der Waals surface area contributed by atoms with Gasteiger partial charge in [0.15, 0.2) is 11.5 Å². The van der Waals surface area contributed by atoms with Crippen molar-refractivity contribution in [1.29, 1.82) is 0 Å². The van der Waals surface area contributed by atoms with E-state index < -0.39 is 5.38 Å². The number of carbonyl (C=O) groups excluding carboxylic acids is 1. The molecule has 0 radical (unpaired) electrons. The lowest BCUT2D eigenvalue weighted by Gasteiger charge is -2.16. The normalized spacial score (nSPS) is 15.4. The Hall–Kier alpha value is -1.62. The Bertz CT molecular complexity index is 477. The molecule has 0 heterocycles. The van der Waals surface area contributed by atoms with Crippen LogP contribution in [0.5, 0.6) is 17.2 Å². The minimum Gasteiger partial charge on any atom is -0.493 e. The maximum atomic E-state index is 12.0. The van der Waals surface area contributed by atoms with E-state index in [1.165, 1.54) is 21.3 Å². The van der Waals surface area contributed by atoms with E-state index >= 15 is 0 Å². The fraction of sp³-hybridized carbons (Fsp3) is 0.500. The molecule has 0 aliphatic heterocycles. The third kappa shape index (κ3) is 3.10. The zero-order valence-electron chi connectivity index (χ0n) is 11.7. The Morgan fingerprint density at radius 2 is 1.75 bits per heavy atom. The van der Waals surface area contributed by atoms with Gasteiger partial charge in [0.1, 0.15) is 5.38 Å². The first-order chi connectivity index (χ1) is 9.60. The molecule has 1 aliphatic carbocycles. The summed E-state index contributed by atoms with van der Waals surface area (Å²) in [4.78, 5) is 12.0. The predicted molar refractivity (Wildman–Crippen MR) is 75.9 cm³/mol. The number of alkyl halides is 1. The zero-order chi connectivity index (χ0) is 14.7. The van der Waals surface area contributed by atoms with Crippen molar-refractivity contribution in [2.45, 2.75) is 24.3 Å². The van der Waals surface area contributed by atoms with Gasteiger partial charge in [-0.2, -0.15) is 0 Å². The van der Waals surface area contributed by atoms with Gasteiger partial charge in [0.25, 0.3) is 0 Å². The maximum absolute atomic E-state index is 12.0. The lowest BCUT2D eigenvalue weighted by molar-refractivity contribution is -0.121. The number of rotatable bonds is 6. The second-order valence-corrected chi connectivity index (χ2v) is 5.04. The van der Waals surface area contributed by atoms with Crippen LogP contribution < -0.4 is 19.5 Å². The highest BCUT2D eigenvalue weighted by molar-refractivity contribution is 6.30. The topological polar surface area (TPSA) is 56.8 Å². The van der Waals surface area contributed by atoms with Crippen molar-refractivity contribution in [1.82, 2.24) is 5.32 Å². The second kappa shape index (κ2) is 6.22. The summed E-state index contributed by atoms with van der Waals surface area (Å²) in [7, 11) is 4.57. The summed E-state index contributed by atoms with van der Waals surface area (Å²) in [6, 6.07) is 3.64. The molecule has 1 fully saturated rings. The molecule has 1 aliphatic rings. The largest absolute Gasteiger partial charge is 0.493 e. The molecule has 2 rings (SSSR count). The van der Waals surface area contributed by atoms with Gasteiger partial charge in [-0.1, -0.05) is 0 Å². The van der Waals surface area contributed by atoms with Gasteiger partial charge in [0.2, 0.25) is 11.7 Å². The number of amides is 1. The molecule has 1 aromatic carbocycles. The first-order valence-electron chi connectivity index (χ1n) is 6.35. The van der Waals surface area contributed by atoms with E-state index in [0.717, 1.165) is 12.8 Å². The van der Waals surface area contributed by atoms with Crippen LogP contribution in [0.15, 0.2) is 12.1 Å². The standard InChI is InChI=1S/C14H18ClNO4/c1-18-10-6-8(7-11(19-2)13(10)20-3)12(15)14(17)16-9-4-5-9/h6-7,9,12H,4-5H2,1-3H3,(H,16,17). The summed E-state index contributed by atoms with van der Waals surface area (Å²) in [6.07, 6.45) is 2.04. The molecule has 6 heteroatoms. The highest BCUT2D eigenvalue weighted by atomic mass is 35.5. The van der Waals surface area contributed by atoms with Crippen LogP contribution in [0.25, 0.3) is 0 Å². The van der Waals surface area contributed by atoms with Crippen LogP contribution in [-0.2, 0) is 4.79 Å². The van der Waals surface area contributed by atoms with E-state index in [4.69, 9.17) is 25.8 Å². The Morgan fingerprint density at radius 3 is 2.15 bits per heavy atom. The molecule has 0 spiro atoms. The van der Waals surface area contributed by atoms with Gasteiger partial charge in [-0.05, 0) is 30.5 Å². The van der Waals surface area contributed by atoms with Gasteiger partial charge in [-0.15, -0.1) is 11.6 Å². The first-order valence-corrected chi connectivity index (χ1v) is 6.78. The smallest absolute Gasteiger partial charge is 0.242 e. The highest BCUT2D eigenvalue weighted by Gasteiger charge is 2.28. The van der Waals surface area contributed by atoms with Crippen molar-refractivity contribution in [3.8, 4) is 17.2 Å². The van der Waals surface area contributed by atoms with E-state index in [2.05, 4.69) is 5.32 Å². The van der Waals surface area contributed by atoms with Gasteiger partial charge in [-0.3, -0.25) is 4.79 Å². The molecule has 20 heavy (non-hydrogen) atoms.